The van der Waals surface area contributed by atoms with Crippen LogP contribution in [0, 0.1) is 13.8 Å². The SMILES string of the molecule is Cc1nn(-c2ncc(Br)cn2)c(C)c1N. The van der Waals surface area contributed by atoms with Crippen molar-refractivity contribution in [1.82, 2.24) is 19.7 Å². The predicted molar refractivity (Wildman–Crippen MR) is 60.7 cm³/mol. The van der Waals surface area contributed by atoms with Crippen molar-refractivity contribution in [2.75, 3.05) is 5.73 Å². The highest BCUT2D eigenvalue weighted by Crippen LogP contribution is 2.17. The van der Waals surface area contributed by atoms with E-state index in [0.29, 0.717) is 11.6 Å². The third-order valence-corrected chi connectivity index (χ3v) is 2.55. The van der Waals surface area contributed by atoms with E-state index >= 15 is 0 Å². The topological polar surface area (TPSA) is 69.6 Å². The van der Waals surface area contributed by atoms with Gasteiger partial charge in [-0.3, -0.25) is 0 Å². The van der Waals surface area contributed by atoms with Gasteiger partial charge in [0.15, 0.2) is 0 Å². The Morgan fingerprint density at radius 2 is 1.87 bits per heavy atom. The zero-order chi connectivity index (χ0) is 11.0. The summed E-state index contributed by atoms with van der Waals surface area (Å²) in [6.45, 7) is 3.75. The van der Waals surface area contributed by atoms with Gasteiger partial charge >= 0.3 is 0 Å². The molecule has 0 saturated carbocycles. The van der Waals surface area contributed by atoms with Crippen molar-refractivity contribution in [2.45, 2.75) is 13.8 Å². The van der Waals surface area contributed by atoms with Crippen LogP contribution in [0.3, 0.4) is 0 Å². The Hall–Kier alpha value is -1.43. The molecule has 0 aliphatic carbocycles. The van der Waals surface area contributed by atoms with Gasteiger partial charge in [0.25, 0.3) is 5.95 Å². The summed E-state index contributed by atoms with van der Waals surface area (Å²) >= 11 is 3.28. The van der Waals surface area contributed by atoms with Crippen molar-refractivity contribution in [2.24, 2.45) is 0 Å². The number of nitrogens with zero attached hydrogens (tertiary/aromatic N) is 4. The fourth-order valence-corrected chi connectivity index (χ4v) is 1.47. The molecule has 0 atom stereocenters. The van der Waals surface area contributed by atoms with Crippen LogP contribution in [0.2, 0.25) is 0 Å². The van der Waals surface area contributed by atoms with Crippen molar-refractivity contribution in [3.63, 3.8) is 0 Å². The first kappa shape index (κ1) is 10.1. The number of anilines is 1. The Bertz CT molecular complexity index is 488. The van der Waals surface area contributed by atoms with Crippen LogP contribution in [0.25, 0.3) is 5.95 Å². The van der Waals surface area contributed by atoms with Gasteiger partial charge in [0, 0.05) is 12.4 Å². The average Bonchev–Trinajstić information content (AvgIpc) is 2.47. The van der Waals surface area contributed by atoms with Crippen LogP contribution in [0.15, 0.2) is 16.9 Å². The molecule has 2 N–H and O–H groups in total. The van der Waals surface area contributed by atoms with Gasteiger partial charge in [-0.1, -0.05) is 0 Å². The van der Waals surface area contributed by atoms with Crippen LogP contribution in [-0.4, -0.2) is 19.7 Å². The molecular weight excluding hydrogens is 258 g/mol. The van der Waals surface area contributed by atoms with E-state index < -0.39 is 0 Å². The molecule has 0 amide bonds. The molecule has 0 aliphatic rings. The van der Waals surface area contributed by atoms with E-state index in [4.69, 9.17) is 5.73 Å². The van der Waals surface area contributed by atoms with Crippen LogP contribution in [-0.2, 0) is 0 Å². The highest BCUT2D eigenvalue weighted by atomic mass is 79.9. The second-order valence-corrected chi connectivity index (χ2v) is 4.11. The Morgan fingerprint density at radius 3 is 2.33 bits per heavy atom. The monoisotopic (exact) mass is 267 g/mol. The summed E-state index contributed by atoms with van der Waals surface area (Å²) in [5.74, 6) is 0.524. The minimum Gasteiger partial charge on any atom is -0.396 e. The average molecular weight is 268 g/mol. The molecule has 2 rings (SSSR count). The van der Waals surface area contributed by atoms with Crippen LogP contribution in [0.1, 0.15) is 11.4 Å². The number of hydrogen-bond donors (Lipinski definition) is 1. The number of aromatic nitrogens is 4. The number of nitrogens with two attached hydrogens (primary N) is 1. The zero-order valence-electron chi connectivity index (χ0n) is 8.40. The Morgan fingerprint density at radius 1 is 1.27 bits per heavy atom. The van der Waals surface area contributed by atoms with Crippen molar-refractivity contribution in [3.8, 4) is 5.95 Å². The van der Waals surface area contributed by atoms with Crippen LogP contribution < -0.4 is 5.73 Å². The Labute approximate surface area is 95.5 Å². The molecule has 0 aromatic carbocycles. The third-order valence-electron chi connectivity index (χ3n) is 2.14. The van der Waals surface area contributed by atoms with E-state index in [1.165, 1.54) is 0 Å². The third kappa shape index (κ3) is 1.72. The Balaban J connectivity index is 2.54. The number of nitrogen functional groups attached to an aromatic ring is 1. The standard InChI is InChI=1S/C9H10BrN5/c1-5-8(11)6(2)15(14-5)9-12-3-7(10)4-13-9/h3-4H,11H2,1-2H3. The Kier molecular flexibility index (Phi) is 2.44. The molecule has 6 heteroatoms. The molecule has 0 unspecified atom stereocenters. The lowest BCUT2D eigenvalue weighted by molar-refractivity contribution is 0.772. The molecule has 2 aromatic heterocycles. The first-order chi connectivity index (χ1) is 7.09. The summed E-state index contributed by atoms with van der Waals surface area (Å²) in [6, 6.07) is 0. The largest absolute Gasteiger partial charge is 0.396 e. The highest BCUT2D eigenvalue weighted by Gasteiger charge is 2.11. The summed E-state index contributed by atoms with van der Waals surface area (Å²) in [5, 5.41) is 4.26. The van der Waals surface area contributed by atoms with E-state index in [1.807, 2.05) is 13.8 Å². The number of rotatable bonds is 1. The molecule has 0 saturated heterocycles. The maximum absolute atomic E-state index is 5.82. The molecule has 0 radical (unpaired) electrons. The lowest BCUT2D eigenvalue weighted by atomic mass is 10.3. The minimum absolute atomic E-state index is 0.524. The zero-order valence-corrected chi connectivity index (χ0v) is 9.98. The quantitative estimate of drug-likeness (QED) is 0.853. The van der Waals surface area contributed by atoms with Gasteiger partial charge in [0.2, 0.25) is 0 Å². The number of aryl methyl sites for hydroxylation is 1. The second kappa shape index (κ2) is 3.62. The van der Waals surface area contributed by atoms with Crippen molar-refractivity contribution < 1.29 is 0 Å². The predicted octanol–water partition coefficient (Wildman–Crippen LogP) is 1.62. The first-order valence-electron chi connectivity index (χ1n) is 4.39. The molecule has 2 aromatic rings. The second-order valence-electron chi connectivity index (χ2n) is 3.20. The maximum Gasteiger partial charge on any atom is 0.250 e. The number of halogens is 1. The molecule has 0 fully saturated rings. The van der Waals surface area contributed by atoms with Gasteiger partial charge in [-0.2, -0.15) is 5.10 Å². The molecule has 15 heavy (non-hydrogen) atoms. The van der Waals surface area contributed by atoms with Crippen molar-refractivity contribution in [1.29, 1.82) is 0 Å². The molecule has 0 spiro atoms. The molecular formula is C9H10BrN5. The van der Waals surface area contributed by atoms with Gasteiger partial charge in [-0.25, -0.2) is 14.6 Å². The molecule has 0 aliphatic heterocycles. The molecule has 0 bridgehead atoms. The van der Waals surface area contributed by atoms with Crippen LogP contribution >= 0.6 is 15.9 Å². The van der Waals surface area contributed by atoms with Gasteiger partial charge in [-0.05, 0) is 29.8 Å². The lowest BCUT2D eigenvalue weighted by Crippen LogP contribution is -2.04. The van der Waals surface area contributed by atoms with Gasteiger partial charge in [0.1, 0.15) is 0 Å². The normalized spacial score (nSPS) is 10.6. The summed E-state index contributed by atoms with van der Waals surface area (Å²) < 4.78 is 2.47. The number of hydrogen-bond acceptors (Lipinski definition) is 4. The smallest absolute Gasteiger partial charge is 0.250 e. The molecule has 5 nitrogen and oxygen atoms in total. The van der Waals surface area contributed by atoms with Crippen molar-refractivity contribution >= 4 is 21.6 Å². The van der Waals surface area contributed by atoms with E-state index in [1.54, 1.807) is 17.1 Å². The fraction of sp³-hybridized carbons (Fsp3) is 0.222. The lowest BCUT2D eigenvalue weighted by Gasteiger charge is -2.01. The first-order valence-corrected chi connectivity index (χ1v) is 5.18. The summed E-state index contributed by atoms with van der Waals surface area (Å²) in [5.41, 5.74) is 8.15. The highest BCUT2D eigenvalue weighted by molar-refractivity contribution is 9.10. The van der Waals surface area contributed by atoms with Crippen LogP contribution in [0.4, 0.5) is 5.69 Å². The van der Waals surface area contributed by atoms with E-state index in [9.17, 15) is 0 Å². The summed E-state index contributed by atoms with van der Waals surface area (Å²) in [7, 11) is 0. The summed E-state index contributed by atoms with van der Waals surface area (Å²) in [4.78, 5) is 8.30. The van der Waals surface area contributed by atoms with E-state index in [2.05, 4.69) is 31.0 Å². The van der Waals surface area contributed by atoms with Crippen LogP contribution in [0.5, 0.6) is 0 Å². The van der Waals surface area contributed by atoms with Gasteiger partial charge in [0.05, 0.1) is 21.5 Å². The van der Waals surface area contributed by atoms with Gasteiger partial charge in [-0.15, -0.1) is 0 Å². The van der Waals surface area contributed by atoms with E-state index in [0.717, 1.165) is 15.9 Å². The fourth-order valence-electron chi connectivity index (χ4n) is 1.26. The minimum atomic E-state index is 0.524. The molecule has 78 valence electrons. The van der Waals surface area contributed by atoms with E-state index in [-0.39, 0.29) is 0 Å². The van der Waals surface area contributed by atoms with Crippen molar-refractivity contribution in [3.05, 3.63) is 28.3 Å². The molecule has 2 heterocycles. The van der Waals surface area contributed by atoms with Gasteiger partial charge < -0.3 is 5.73 Å². The maximum atomic E-state index is 5.82. The summed E-state index contributed by atoms with van der Waals surface area (Å²) in [6.07, 6.45) is 3.35.